The Hall–Kier alpha value is -1.79. The average molecular weight is 322 g/mol. The SMILES string of the molecule is CC(=O)OC(CN)c1ccc2c(c1)OCCO2.CN1CCCC1. The minimum Gasteiger partial charge on any atom is -0.486 e. The molecule has 6 heteroatoms. The van der Waals surface area contributed by atoms with Gasteiger partial charge in [-0.1, -0.05) is 6.07 Å². The predicted molar refractivity (Wildman–Crippen MR) is 87.7 cm³/mol. The Kier molecular flexibility index (Phi) is 6.67. The molecule has 6 nitrogen and oxygen atoms in total. The molecule has 1 unspecified atom stereocenters. The van der Waals surface area contributed by atoms with Gasteiger partial charge < -0.3 is 24.8 Å². The molecular formula is C17H26N2O4. The van der Waals surface area contributed by atoms with Crippen molar-refractivity contribution < 1.29 is 19.0 Å². The van der Waals surface area contributed by atoms with Crippen molar-refractivity contribution in [3.63, 3.8) is 0 Å². The molecule has 0 amide bonds. The Morgan fingerprint density at radius 2 is 1.91 bits per heavy atom. The van der Waals surface area contributed by atoms with Crippen molar-refractivity contribution >= 4 is 5.97 Å². The molecule has 1 atom stereocenters. The zero-order chi connectivity index (χ0) is 16.7. The van der Waals surface area contributed by atoms with Crippen LogP contribution in [0.4, 0.5) is 0 Å². The normalized spacial score (nSPS) is 17.9. The molecule has 128 valence electrons. The number of carbonyl (C=O) groups is 1. The highest BCUT2D eigenvalue weighted by Crippen LogP contribution is 2.33. The van der Waals surface area contributed by atoms with Crippen LogP contribution in [0, 0.1) is 0 Å². The summed E-state index contributed by atoms with van der Waals surface area (Å²) in [7, 11) is 2.17. The molecule has 0 bridgehead atoms. The van der Waals surface area contributed by atoms with Crippen LogP contribution in [-0.2, 0) is 9.53 Å². The number of rotatable bonds is 3. The first kappa shape index (κ1) is 17.6. The molecule has 23 heavy (non-hydrogen) atoms. The highest BCUT2D eigenvalue weighted by molar-refractivity contribution is 5.66. The first-order valence-corrected chi connectivity index (χ1v) is 8.05. The Bertz CT molecular complexity index is 515. The molecule has 2 aliphatic heterocycles. The van der Waals surface area contributed by atoms with Gasteiger partial charge in [0, 0.05) is 13.5 Å². The second kappa shape index (κ2) is 8.74. The monoisotopic (exact) mass is 322 g/mol. The lowest BCUT2D eigenvalue weighted by Crippen LogP contribution is -2.19. The van der Waals surface area contributed by atoms with E-state index in [1.165, 1.54) is 32.9 Å². The summed E-state index contributed by atoms with van der Waals surface area (Å²) in [6.45, 7) is 5.31. The average Bonchev–Trinajstić information content (AvgIpc) is 3.03. The zero-order valence-electron chi connectivity index (χ0n) is 13.9. The summed E-state index contributed by atoms with van der Waals surface area (Å²) >= 11 is 0. The van der Waals surface area contributed by atoms with Gasteiger partial charge in [-0.3, -0.25) is 4.79 Å². The van der Waals surface area contributed by atoms with Crippen LogP contribution < -0.4 is 15.2 Å². The van der Waals surface area contributed by atoms with Crippen molar-refractivity contribution in [3.8, 4) is 11.5 Å². The van der Waals surface area contributed by atoms with Crippen LogP contribution in [0.25, 0.3) is 0 Å². The molecule has 0 aliphatic carbocycles. The molecule has 0 radical (unpaired) electrons. The Labute approximate surface area is 137 Å². The minimum absolute atomic E-state index is 0.235. The fourth-order valence-electron chi connectivity index (χ4n) is 2.59. The summed E-state index contributed by atoms with van der Waals surface area (Å²) in [6.07, 6.45) is 2.39. The number of likely N-dealkylation sites (tertiary alicyclic amines) is 1. The molecule has 1 aromatic rings. The standard InChI is InChI=1S/C12H15NO4.C5H11N/c1-8(14)17-12(7-13)9-2-3-10-11(6-9)16-5-4-15-10;1-6-4-2-3-5-6/h2-3,6,12H,4-5,7,13H2,1H3;2-5H2,1H3. The number of hydrogen-bond acceptors (Lipinski definition) is 6. The van der Waals surface area contributed by atoms with Gasteiger partial charge in [-0.05, 0) is 50.7 Å². The Morgan fingerprint density at radius 1 is 1.26 bits per heavy atom. The van der Waals surface area contributed by atoms with E-state index in [2.05, 4.69) is 11.9 Å². The first-order valence-electron chi connectivity index (χ1n) is 8.05. The fraction of sp³-hybridized carbons (Fsp3) is 0.588. The molecule has 0 spiro atoms. The number of nitrogens with zero attached hydrogens (tertiary/aromatic N) is 1. The molecule has 2 aliphatic rings. The third kappa shape index (κ3) is 5.41. The molecule has 1 aromatic carbocycles. The van der Waals surface area contributed by atoms with Crippen LogP contribution in [0.3, 0.4) is 0 Å². The topological polar surface area (TPSA) is 74.0 Å². The number of nitrogens with two attached hydrogens (primary N) is 1. The van der Waals surface area contributed by atoms with Gasteiger partial charge in [0.05, 0.1) is 0 Å². The third-order valence-corrected chi connectivity index (χ3v) is 3.79. The van der Waals surface area contributed by atoms with Gasteiger partial charge in [-0.2, -0.15) is 0 Å². The predicted octanol–water partition coefficient (Wildman–Crippen LogP) is 1.73. The molecule has 2 heterocycles. The van der Waals surface area contributed by atoms with Crippen LogP contribution in [0.15, 0.2) is 18.2 Å². The summed E-state index contributed by atoms with van der Waals surface area (Å²) < 4.78 is 16.0. The van der Waals surface area contributed by atoms with Crippen LogP contribution in [0.5, 0.6) is 11.5 Å². The van der Waals surface area contributed by atoms with E-state index in [1.807, 2.05) is 6.07 Å². The molecule has 1 fully saturated rings. The maximum atomic E-state index is 10.9. The van der Waals surface area contributed by atoms with E-state index in [4.69, 9.17) is 19.9 Å². The quantitative estimate of drug-likeness (QED) is 0.854. The van der Waals surface area contributed by atoms with Crippen molar-refractivity contribution in [2.75, 3.05) is 39.9 Å². The van der Waals surface area contributed by atoms with E-state index in [0.29, 0.717) is 24.7 Å². The number of hydrogen-bond donors (Lipinski definition) is 1. The summed E-state index contributed by atoms with van der Waals surface area (Å²) in [4.78, 5) is 13.3. The lowest BCUT2D eigenvalue weighted by molar-refractivity contribution is -0.146. The lowest BCUT2D eigenvalue weighted by atomic mass is 10.1. The summed E-state index contributed by atoms with van der Waals surface area (Å²) in [5.74, 6) is 1.02. The van der Waals surface area contributed by atoms with E-state index >= 15 is 0 Å². The first-order chi connectivity index (χ1) is 11.1. The van der Waals surface area contributed by atoms with Crippen molar-refractivity contribution in [1.29, 1.82) is 0 Å². The van der Waals surface area contributed by atoms with Gasteiger partial charge in [-0.25, -0.2) is 0 Å². The van der Waals surface area contributed by atoms with E-state index in [9.17, 15) is 4.79 Å². The molecule has 0 aromatic heterocycles. The van der Waals surface area contributed by atoms with Gasteiger partial charge in [0.25, 0.3) is 0 Å². The summed E-state index contributed by atoms with van der Waals surface area (Å²) in [5.41, 5.74) is 6.39. The van der Waals surface area contributed by atoms with E-state index in [-0.39, 0.29) is 12.5 Å². The van der Waals surface area contributed by atoms with Crippen molar-refractivity contribution in [2.45, 2.75) is 25.9 Å². The second-order valence-corrected chi connectivity index (χ2v) is 5.75. The third-order valence-electron chi connectivity index (χ3n) is 3.79. The van der Waals surface area contributed by atoms with Gasteiger partial charge >= 0.3 is 5.97 Å². The number of esters is 1. The Balaban J connectivity index is 0.000000268. The Morgan fingerprint density at radius 3 is 2.43 bits per heavy atom. The van der Waals surface area contributed by atoms with Gasteiger partial charge in [0.15, 0.2) is 11.5 Å². The van der Waals surface area contributed by atoms with Gasteiger partial charge in [0.1, 0.15) is 19.3 Å². The van der Waals surface area contributed by atoms with Crippen LogP contribution in [0.1, 0.15) is 31.4 Å². The maximum Gasteiger partial charge on any atom is 0.303 e. The smallest absolute Gasteiger partial charge is 0.303 e. The van der Waals surface area contributed by atoms with Gasteiger partial charge in [-0.15, -0.1) is 0 Å². The molecule has 1 saturated heterocycles. The van der Waals surface area contributed by atoms with E-state index in [1.54, 1.807) is 12.1 Å². The largest absolute Gasteiger partial charge is 0.486 e. The minimum atomic E-state index is -0.441. The zero-order valence-corrected chi connectivity index (χ0v) is 13.9. The summed E-state index contributed by atoms with van der Waals surface area (Å²) in [6, 6.07) is 5.43. The van der Waals surface area contributed by atoms with Crippen molar-refractivity contribution in [2.24, 2.45) is 5.73 Å². The second-order valence-electron chi connectivity index (χ2n) is 5.75. The summed E-state index contributed by atoms with van der Waals surface area (Å²) in [5, 5.41) is 0. The number of fused-ring (bicyclic) bond motifs is 1. The van der Waals surface area contributed by atoms with Crippen molar-refractivity contribution in [1.82, 2.24) is 4.90 Å². The van der Waals surface area contributed by atoms with Crippen LogP contribution >= 0.6 is 0 Å². The van der Waals surface area contributed by atoms with E-state index in [0.717, 1.165) is 5.56 Å². The molecule has 3 rings (SSSR count). The van der Waals surface area contributed by atoms with Gasteiger partial charge in [0.2, 0.25) is 0 Å². The fourth-order valence-corrected chi connectivity index (χ4v) is 2.59. The van der Waals surface area contributed by atoms with Crippen molar-refractivity contribution in [3.05, 3.63) is 23.8 Å². The highest BCUT2D eigenvalue weighted by atomic mass is 16.6. The van der Waals surface area contributed by atoms with E-state index < -0.39 is 6.10 Å². The lowest BCUT2D eigenvalue weighted by Gasteiger charge is -2.21. The number of benzene rings is 1. The number of ether oxygens (including phenoxy) is 3. The van der Waals surface area contributed by atoms with Crippen LogP contribution in [-0.4, -0.2) is 50.8 Å². The molecule has 2 N–H and O–H groups in total. The van der Waals surface area contributed by atoms with Crippen LogP contribution in [0.2, 0.25) is 0 Å². The highest BCUT2D eigenvalue weighted by Gasteiger charge is 2.17. The maximum absolute atomic E-state index is 10.9. The molecule has 0 saturated carbocycles. The molecular weight excluding hydrogens is 296 g/mol. The number of carbonyl (C=O) groups excluding carboxylic acids is 1.